The largest absolute Gasteiger partial charge is 0.481 e. The number of carboxylic acids is 3. The van der Waals surface area contributed by atoms with Gasteiger partial charge in [0.15, 0.2) is 0 Å². The fourth-order valence-electron chi connectivity index (χ4n) is 5.46. The number of benzene rings is 3. The highest BCUT2D eigenvalue weighted by Gasteiger charge is 2.24. The van der Waals surface area contributed by atoms with Crippen molar-refractivity contribution < 1.29 is 29.7 Å². The van der Waals surface area contributed by atoms with E-state index in [-0.39, 0.29) is 17.0 Å². The van der Waals surface area contributed by atoms with Gasteiger partial charge in [0.25, 0.3) is 0 Å². The van der Waals surface area contributed by atoms with Crippen molar-refractivity contribution in [1.82, 2.24) is 0 Å². The van der Waals surface area contributed by atoms with Gasteiger partial charge in [-0.3, -0.25) is 4.79 Å². The number of allylic oxidation sites excluding steroid dienone is 5. The standard InChI is InChI=1S/C34H30O6/c1-20-2-4-21(5-3-20)28-18-30(23-8-14-26(15-9-23)33(37)38)31(24-10-16-27(17-11-24)34(39)40)19-29(28)22-6-12-25(13-7-22)32(35)36/h2,4,6-14,16-21,26H,3,5,15H2,1H3,(H,35,36)(H,37,38)(H,39,40). The molecule has 0 aliphatic heterocycles. The smallest absolute Gasteiger partial charge is 0.335 e. The summed E-state index contributed by atoms with van der Waals surface area (Å²) in [6, 6.07) is 17.9. The van der Waals surface area contributed by atoms with Gasteiger partial charge in [-0.15, -0.1) is 0 Å². The van der Waals surface area contributed by atoms with E-state index in [1.807, 2.05) is 24.3 Å². The first-order valence-electron chi connectivity index (χ1n) is 13.4. The second kappa shape index (κ2) is 11.2. The number of hydrogen-bond donors (Lipinski definition) is 3. The van der Waals surface area contributed by atoms with Gasteiger partial charge >= 0.3 is 17.9 Å². The molecule has 202 valence electrons. The SMILES string of the molecule is CC1C=CC(c2cc(C3=CCC(C(=O)O)C=C3)c(-c3ccc(C(=O)O)cc3)cc2-c2ccc(C(=O)O)cc2)CC1. The predicted molar refractivity (Wildman–Crippen MR) is 154 cm³/mol. The highest BCUT2D eigenvalue weighted by Crippen LogP contribution is 2.43. The van der Waals surface area contributed by atoms with E-state index in [2.05, 4.69) is 31.2 Å². The van der Waals surface area contributed by atoms with E-state index >= 15 is 0 Å². The molecule has 0 saturated heterocycles. The second-order valence-electron chi connectivity index (χ2n) is 10.5. The molecular weight excluding hydrogens is 504 g/mol. The molecule has 3 aromatic carbocycles. The lowest BCUT2D eigenvalue weighted by atomic mass is 9.78. The van der Waals surface area contributed by atoms with Crippen LogP contribution >= 0.6 is 0 Å². The normalized spacial score (nSPS) is 20.1. The van der Waals surface area contributed by atoms with Gasteiger partial charge in [0.1, 0.15) is 0 Å². The summed E-state index contributed by atoms with van der Waals surface area (Å²) in [5.74, 6) is -2.77. The number of hydrogen-bond acceptors (Lipinski definition) is 3. The van der Waals surface area contributed by atoms with E-state index in [1.54, 1.807) is 42.5 Å². The van der Waals surface area contributed by atoms with Crippen LogP contribution in [0.25, 0.3) is 27.8 Å². The van der Waals surface area contributed by atoms with Crippen molar-refractivity contribution in [1.29, 1.82) is 0 Å². The van der Waals surface area contributed by atoms with Crippen LogP contribution in [0.4, 0.5) is 0 Å². The highest BCUT2D eigenvalue weighted by atomic mass is 16.4. The monoisotopic (exact) mass is 534 g/mol. The Morgan fingerprint density at radius 3 is 1.77 bits per heavy atom. The fourth-order valence-corrected chi connectivity index (χ4v) is 5.46. The quantitative estimate of drug-likeness (QED) is 0.270. The van der Waals surface area contributed by atoms with E-state index in [9.17, 15) is 29.7 Å². The molecule has 2 aliphatic rings. The van der Waals surface area contributed by atoms with Crippen LogP contribution < -0.4 is 0 Å². The molecule has 0 aromatic heterocycles. The molecule has 0 radical (unpaired) electrons. The van der Waals surface area contributed by atoms with Crippen LogP contribution in [0.3, 0.4) is 0 Å². The Kier molecular flexibility index (Phi) is 7.52. The third kappa shape index (κ3) is 5.52. The summed E-state index contributed by atoms with van der Waals surface area (Å²) in [5.41, 5.74) is 6.95. The van der Waals surface area contributed by atoms with Crippen LogP contribution in [0.2, 0.25) is 0 Å². The minimum Gasteiger partial charge on any atom is -0.481 e. The van der Waals surface area contributed by atoms with Crippen LogP contribution in [-0.4, -0.2) is 33.2 Å². The molecule has 6 nitrogen and oxygen atoms in total. The first-order chi connectivity index (χ1) is 19.2. The van der Waals surface area contributed by atoms with Gasteiger partial charge in [0.2, 0.25) is 0 Å². The molecule has 0 bridgehead atoms. The van der Waals surface area contributed by atoms with Crippen molar-refractivity contribution in [2.24, 2.45) is 11.8 Å². The molecule has 40 heavy (non-hydrogen) atoms. The summed E-state index contributed by atoms with van der Waals surface area (Å²) in [6.07, 6.45) is 12.4. The maximum absolute atomic E-state index is 11.6. The van der Waals surface area contributed by atoms with Crippen LogP contribution in [0, 0.1) is 11.8 Å². The minimum absolute atomic E-state index is 0.160. The van der Waals surface area contributed by atoms with Crippen molar-refractivity contribution in [2.45, 2.75) is 32.1 Å². The van der Waals surface area contributed by atoms with E-state index in [4.69, 9.17) is 0 Å². The number of aliphatic carboxylic acids is 1. The van der Waals surface area contributed by atoms with Crippen LogP contribution in [0.5, 0.6) is 0 Å². The average molecular weight is 535 g/mol. The topological polar surface area (TPSA) is 112 Å². The molecule has 0 spiro atoms. The summed E-state index contributed by atoms with van der Waals surface area (Å²) in [4.78, 5) is 34.5. The van der Waals surface area contributed by atoms with Crippen LogP contribution in [0.1, 0.15) is 63.9 Å². The van der Waals surface area contributed by atoms with Crippen molar-refractivity contribution in [3.8, 4) is 22.3 Å². The van der Waals surface area contributed by atoms with Gasteiger partial charge in [-0.25, -0.2) is 9.59 Å². The lowest BCUT2D eigenvalue weighted by Crippen LogP contribution is -2.12. The molecule has 0 fully saturated rings. The van der Waals surface area contributed by atoms with E-state index < -0.39 is 23.8 Å². The van der Waals surface area contributed by atoms with E-state index in [0.29, 0.717) is 12.3 Å². The summed E-state index contributed by atoms with van der Waals surface area (Å²) >= 11 is 0. The van der Waals surface area contributed by atoms with E-state index in [1.165, 1.54) is 0 Å². The Hall–Kier alpha value is -4.71. The zero-order chi connectivity index (χ0) is 28.4. The van der Waals surface area contributed by atoms with Crippen molar-refractivity contribution in [2.75, 3.05) is 0 Å². The first-order valence-corrected chi connectivity index (χ1v) is 13.4. The van der Waals surface area contributed by atoms with Gasteiger partial charge in [0.05, 0.1) is 17.0 Å². The highest BCUT2D eigenvalue weighted by molar-refractivity contribution is 5.93. The second-order valence-corrected chi connectivity index (χ2v) is 10.5. The Bertz CT molecular complexity index is 1560. The minimum atomic E-state index is -1.00. The van der Waals surface area contributed by atoms with Crippen molar-refractivity contribution in [3.63, 3.8) is 0 Å². The van der Waals surface area contributed by atoms with Crippen molar-refractivity contribution >= 4 is 23.5 Å². The maximum Gasteiger partial charge on any atom is 0.335 e. The molecular formula is C34H30O6. The third-order valence-corrected chi connectivity index (χ3v) is 7.81. The summed E-state index contributed by atoms with van der Waals surface area (Å²) in [7, 11) is 0. The van der Waals surface area contributed by atoms with Gasteiger partial charge in [-0.05, 0) is 101 Å². The Morgan fingerprint density at radius 2 is 1.30 bits per heavy atom. The molecule has 3 atom stereocenters. The van der Waals surface area contributed by atoms with E-state index in [0.717, 1.165) is 51.8 Å². The molecule has 3 unspecified atom stereocenters. The van der Waals surface area contributed by atoms with Crippen molar-refractivity contribution in [3.05, 3.63) is 113 Å². The summed E-state index contributed by atoms with van der Waals surface area (Å²) in [5, 5.41) is 28.3. The van der Waals surface area contributed by atoms with Gasteiger partial charge < -0.3 is 15.3 Å². The first kappa shape index (κ1) is 26.9. The lowest BCUT2D eigenvalue weighted by Gasteiger charge is -2.26. The predicted octanol–water partition coefficient (Wildman–Crippen LogP) is 7.53. The number of carbonyl (C=O) groups is 3. The Balaban J connectivity index is 1.72. The molecule has 6 heteroatoms. The Labute approximate surface area is 232 Å². The van der Waals surface area contributed by atoms with Gasteiger partial charge in [-0.1, -0.05) is 61.6 Å². The zero-order valence-electron chi connectivity index (χ0n) is 22.1. The molecule has 0 saturated carbocycles. The molecule has 5 rings (SSSR count). The molecule has 3 N–H and O–H groups in total. The summed E-state index contributed by atoms with van der Waals surface area (Å²) < 4.78 is 0. The lowest BCUT2D eigenvalue weighted by molar-refractivity contribution is -0.139. The van der Waals surface area contributed by atoms with Crippen LogP contribution in [-0.2, 0) is 4.79 Å². The number of aromatic carboxylic acids is 2. The maximum atomic E-state index is 11.6. The molecule has 2 aliphatic carbocycles. The van der Waals surface area contributed by atoms with Gasteiger partial charge in [0, 0.05) is 5.92 Å². The number of rotatable bonds is 7. The summed E-state index contributed by atoms with van der Waals surface area (Å²) in [6.45, 7) is 2.20. The average Bonchev–Trinajstić information content (AvgIpc) is 2.97. The van der Waals surface area contributed by atoms with Crippen LogP contribution in [0.15, 0.2) is 91.0 Å². The fraction of sp³-hybridized carbons (Fsp3) is 0.206. The molecule has 0 amide bonds. The Morgan fingerprint density at radius 1 is 0.700 bits per heavy atom. The molecule has 0 heterocycles. The number of carboxylic acid groups (broad SMARTS) is 3. The third-order valence-electron chi connectivity index (χ3n) is 7.81. The van der Waals surface area contributed by atoms with Gasteiger partial charge in [-0.2, -0.15) is 0 Å². The zero-order valence-corrected chi connectivity index (χ0v) is 22.1. The molecule has 3 aromatic rings.